The normalized spacial score (nSPS) is 18.1. The monoisotopic (exact) mass is 348 g/mol. The Labute approximate surface area is 147 Å². The molecular formula is C18H24N2O5. The maximum atomic E-state index is 12.4. The van der Waals surface area contributed by atoms with Gasteiger partial charge in [-0.15, -0.1) is 0 Å². The van der Waals surface area contributed by atoms with Crippen molar-refractivity contribution in [2.45, 2.75) is 26.3 Å². The molecule has 0 aliphatic carbocycles. The quantitative estimate of drug-likeness (QED) is 0.758. The molecule has 136 valence electrons. The average molecular weight is 348 g/mol. The minimum Gasteiger partial charge on any atom is -0.462 e. The number of hydrogen-bond acceptors (Lipinski definition) is 5. The summed E-state index contributed by atoms with van der Waals surface area (Å²) in [5.74, 6) is -1.03. The van der Waals surface area contributed by atoms with Crippen LogP contribution in [0.2, 0.25) is 0 Å². The predicted molar refractivity (Wildman–Crippen MR) is 92.2 cm³/mol. The van der Waals surface area contributed by atoms with Crippen molar-refractivity contribution in [3.05, 3.63) is 29.8 Å². The van der Waals surface area contributed by atoms with E-state index in [9.17, 15) is 14.4 Å². The summed E-state index contributed by atoms with van der Waals surface area (Å²) in [6, 6.07) is 6.43. The van der Waals surface area contributed by atoms with Gasteiger partial charge in [0, 0.05) is 25.8 Å². The van der Waals surface area contributed by atoms with Crippen LogP contribution in [-0.2, 0) is 19.1 Å². The van der Waals surface area contributed by atoms with E-state index in [1.807, 2.05) is 6.92 Å². The third kappa shape index (κ3) is 4.79. The number of methoxy groups -OCH3 is 1. The molecule has 7 heteroatoms. The highest BCUT2D eigenvalue weighted by Crippen LogP contribution is 2.22. The predicted octanol–water partition coefficient (Wildman–Crippen LogP) is 1.69. The average Bonchev–Trinajstić information content (AvgIpc) is 2.98. The molecule has 1 aromatic carbocycles. The van der Waals surface area contributed by atoms with Gasteiger partial charge in [-0.1, -0.05) is 0 Å². The molecule has 0 bridgehead atoms. The summed E-state index contributed by atoms with van der Waals surface area (Å²) in [5.41, 5.74) is 1.00. The molecule has 1 heterocycles. The van der Waals surface area contributed by atoms with Gasteiger partial charge in [0.25, 0.3) is 0 Å². The highest BCUT2D eigenvalue weighted by atomic mass is 16.5. The fraction of sp³-hybridized carbons (Fsp3) is 0.500. The van der Waals surface area contributed by atoms with Gasteiger partial charge in [0.1, 0.15) is 0 Å². The fourth-order valence-electron chi connectivity index (χ4n) is 2.81. The molecule has 1 saturated heterocycles. The van der Waals surface area contributed by atoms with Crippen molar-refractivity contribution in [1.29, 1.82) is 0 Å². The van der Waals surface area contributed by atoms with E-state index in [-0.39, 0.29) is 24.3 Å². The van der Waals surface area contributed by atoms with Crippen molar-refractivity contribution < 1.29 is 23.9 Å². The molecule has 2 rings (SSSR count). The lowest BCUT2D eigenvalue weighted by Crippen LogP contribution is -2.38. The van der Waals surface area contributed by atoms with Crippen molar-refractivity contribution in [3.8, 4) is 0 Å². The van der Waals surface area contributed by atoms with Gasteiger partial charge >= 0.3 is 5.97 Å². The number of anilines is 1. The number of nitrogens with one attached hydrogen (secondary N) is 1. The smallest absolute Gasteiger partial charge is 0.338 e. The zero-order valence-corrected chi connectivity index (χ0v) is 14.8. The number of likely N-dealkylation sites (tertiary alicyclic amines) is 1. The molecule has 0 radical (unpaired) electrons. The summed E-state index contributed by atoms with van der Waals surface area (Å²) in [7, 11) is 1.58. The van der Waals surface area contributed by atoms with Gasteiger partial charge in [-0.3, -0.25) is 9.59 Å². The molecule has 0 aromatic heterocycles. The molecule has 1 aliphatic rings. The molecular weight excluding hydrogens is 324 g/mol. The van der Waals surface area contributed by atoms with E-state index in [0.29, 0.717) is 31.0 Å². The molecule has 2 atom stereocenters. The Morgan fingerprint density at radius 2 is 2.00 bits per heavy atom. The number of hydrogen-bond donors (Lipinski definition) is 1. The van der Waals surface area contributed by atoms with E-state index in [1.165, 1.54) is 0 Å². The van der Waals surface area contributed by atoms with Crippen LogP contribution in [0.25, 0.3) is 0 Å². The second kappa shape index (κ2) is 8.62. The lowest BCUT2D eigenvalue weighted by Gasteiger charge is -2.23. The van der Waals surface area contributed by atoms with Crippen LogP contribution in [0.1, 0.15) is 30.6 Å². The van der Waals surface area contributed by atoms with Gasteiger partial charge < -0.3 is 19.7 Å². The number of ether oxygens (including phenoxy) is 2. The van der Waals surface area contributed by atoms with E-state index in [4.69, 9.17) is 9.47 Å². The van der Waals surface area contributed by atoms with Crippen LogP contribution < -0.4 is 5.32 Å². The van der Waals surface area contributed by atoms with Crippen molar-refractivity contribution >= 4 is 23.5 Å². The van der Waals surface area contributed by atoms with Crippen molar-refractivity contribution in [2.24, 2.45) is 5.92 Å². The highest BCUT2D eigenvalue weighted by molar-refractivity contribution is 5.97. The first-order valence-corrected chi connectivity index (χ1v) is 8.32. The Kier molecular flexibility index (Phi) is 6.52. The molecule has 1 fully saturated rings. The Morgan fingerprint density at radius 3 is 2.60 bits per heavy atom. The SMILES string of the molecule is CCOC(=O)c1ccc(NC(=O)[C@H]2CC(=O)N([C@H](C)COC)C2)cc1. The van der Waals surface area contributed by atoms with Gasteiger partial charge in [-0.05, 0) is 38.1 Å². The molecule has 7 nitrogen and oxygen atoms in total. The number of carbonyl (C=O) groups is 3. The number of rotatable bonds is 7. The summed E-state index contributed by atoms with van der Waals surface area (Å²) < 4.78 is 9.99. The van der Waals surface area contributed by atoms with E-state index in [0.717, 1.165) is 0 Å². The van der Waals surface area contributed by atoms with E-state index in [2.05, 4.69) is 5.32 Å². The van der Waals surface area contributed by atoms with Gasteiger partial charge in [-0.2, -0.15) is 0 Å². The van der Waals surface area contributed by atoms with Gasteiger partial charge in [-0.25, -0.2) is 4.79 Å². The molecule has 1 N–H and O–H groups in total. The Hall–Kier alpha value is -2.41. The molecule has 1 aliphatic heterocycles. The molecule has 0 saturated carbocycles. The zero-order valence-electron chi connectivity index (χ0n) is 14.8. The summed E-state index contributed by atoms with van der Waals surface area (Å²) in [6.45, 7) is 4.78. The number of carbonyl (C=O) groups excluding carboxylic acids is 3. The van der Waals surface area contributed by atoms with Crippen molar-refractivity contribution in [2.75, 3.05) is 32.2 Å². The van der Waals surface area contributed by atoms with Crippen LogP contribution in [0.4, 0.5) is 5.69 Å². The second-order valence-corrected chi connectivity index (χ2v) is 6.04. The number of nitrogens with zero attached hydrogens (tertiary/aromatic N) is 1. The Morgan fingerprint density at radius 1 is 1.32 bits per heavy atom. The van der Waals surface area contributed by atoms with Crippen LogP contribution in [-0.4, -0.2) is 55.6 Å². The molecule has 0 spiro atoms. The summed E-state index contributed by atoms with van der Waals surface area (Å²) in [6.07, 6.45) is 0.195. The van der Waals surface area contributed by atoms with E-state index < -0.39 is 11.9 Å². The Balaban J connectivity index is 1.94. The third-order valence-electron chi connectivity index (χ3n) is 4.13. The maximum absolute atomic E-state index is 12.4. The van der Waals surface area contributed by atoms with Crippen LogP contribution in [0.5, 0.6) is 0 Å². The summed E-state index contributed by atoms with van der Waals surface area (Å²) in [4.78, 5) is 37.8. The lowest BCUT2D eigenvalue weighted by atomic mass is 10.1. The van der Waals surface area contributed by atoms with Gasteiger partial charge in [0.05, 0.1) is 30.7 Å². The highest BCUT2D eigenvalue weighted by Gasteiger charge is 2.36. The fourth-order valence-corrected chi connectivity index (χ4v) is 2.81. The summed E-state index contributed by atoms with van der Waals surface area (Å²) in [5, 5.41) is 2.79. The first-order chi connectivity index (χ1) is 12.0. The summed E-state index contributed by atoms with van der Waals surface area (Å²) >= 11 is 0. The minimum absolute atomic E-state index is 0.0395. The van der Waals surface area contributed by atoms with Crippen LogP contribution in [0.3, 0.4) is 0 Å². The van der Waals surface area contributed by atoms with Crippen LogP contribution in [0, 0.1) is 5.92 Å². The lowest BCUT2D eigenvalue weighted by molar-refractivity contribution is -0.130. The van der Waals surface area contributed by atoms with Gasteiger partial charge in [0.15, 0.2) is 0 Å². The molecule has 2 amide bonds. The zero-order chi connectivity index (χ0) is 18.4. The van der Waals surface area contributed by atoms with Crippen LogP contribution in [0.15, 0.2) is 24.3 Å². The van der Waals surface area contributed by atoms with Crippen molar-refractivity contribution in [3.63, 3.8) is 0 Å². The van der Waals surface area contributed by atoms with Gasteiger partial charge in [0.2, 0.25) is 11.8 Å². The number of amides is 2. The standard InChI is InChI=1S/C18H24N2O5/c1-4-25-18(23)13-5-7-15(8-6-13)19-17(22)14-9-16(21)20(10-14)12(2)11-24-3/h5-8,12,14H,4,9-11H2,1-3H3,(H,19,22)/t12-,14+/m1/s1. The minimum atomic E-state index is -0.399. The first-order valence-electron chi connectivity index (χ1n) is 8.32. The largest absolute Gasteiger partial charge is 0.462 e. The number of esters is 1. The second-order valence-electron chi connectivity index (χ2n) is 6.04. The number of benzene rings is 1. The molecule has 1 aromatic rings. The Bertz CT molecular complexity index is 629. The maximum Gasteiger partial charge on any atom is 0.338 e. The van der Waals surface area contributed by atoms with E-state index in [1.54, 1.807) is 43.2 Å². The molecule has 0 unspecified atom stereocenters. The van der Waals surface area contributed by atoms with Crippen LogP contribution >= 0.6 is 0 Å². The topological polar surface area (TPSA) is 84.9 Å². The first kappa shape index (κ1) is 18.9. The molecule has 25 heavy (non-hydrogen) atoms. The third-order valence-corrected chi connectivity index (χ3v) is 4.13. The van der Waals surface area contributed by atoms with Crippen molar-refractivity contribution in [1.82, 2.24) is 4.90 Å². The van der Waals surface area contributed by atoms with E-state index >= 15 is 0 Å².